The Hall–Kier alpha value is -6.34. The average molecular weight is 829 g/mol. The Kier molecular flexibility index (Phi) is 18.1. The number of esters is 1. The minimum Gasteiger partial charge on any atom is -0.494 e. The number of ketones is 1. The van der Waals surface area contributed by atoms with Crippen molar-refractivity contribution in [1.29, 1.82) is 0 Å². The number of hydrogen-bond donors (Lipinski definition) is 0. The van der Waals surface area contributed by atoms with Crippen molar-refractivity contribution in [2.45, 2.75) is 97.3 Å². The van der Waals surface area contributed by atoms with Crippen molar-refractivity contribution in [2.24, 2.45) is 9.98 Å². The van der Waals surface area contributed by atoms with E-state index in [1.807, 2.05) is 115 Å². The highest BCUT2D eigenvalue weighted by atomic mass is 16.5. The first-order valence-corrected chi connectivity index (χ1v) is 22.5. The van der Waals surface area contributed by atoms with Gasteiger partial charge >= 0.3 is 5.97 Å². The lowest BCUT2D eigenvalue weighted by molar-refractivity contribution is 0.0734. The predicted octanol–water partition coefficient (Wildman–Crippen LogP) is 14.5. The van der Waals surface area contributed by atoms with E-state index >= 15 is 0 Å². The highest BCUT2D eigenvalue weighted by molar-refractivity contribution is 5.99. The molecule has 0 N–H and O–H groups in total. The Bertz CT molecular complexity index is 2180. The summed E-state index contributed by atoms with van der Waals surface area (Å²) in [5, 5.41) is 1.87. The summed E-state index contributed by atoms with van der Waals surface area (Å²) in [6.45, 7) is 5.93. The molecule has 0 heterocycles. The first-order chi connectivity index (χ1) is 30.4. The van der Waals surface area contributed by atoms with Crippen molar-refractivity contribution in [3.8, 4) is 17.2 Å². The van der Waals surface area contributed by atoms with E-state index < -0.39 is 5.97 Å². The molecule has 0 aromatic heterocycles. The number of benzene rings is 6. The summed E-state index contributed by atoms with van der Waals surface area (Å²) in [6, 6.07) is 41.7. The van der Waals surface area contributed by atoms with Crippen molar-refractivity contribution in [3.05, 3.63) is 161 Å². The fourth-order valence-corrected chi connectivity index (χ4v) is 7.06. The Labute approximate surface area is 367 Å². The zero-order chi connectivity index (χ0) is 43.2. The van der Waals surface area contributed by atoms with E-state index in [-0.39, 0.29) is 12.2 Å². The summed E-state index contributed by atoms with van der Waals surface area (Å²) in [5.41, 5.74) is 5.37. The van der Waals surface area contributed by atoms with Crippen molar-refractivity contribution < 1.29 is 23.8 Å². The van der Waals surface area contributed by atoms with Crippen LogP contribution in [0.25, 0.3) is 10.8 Å². The molecule has 0 aliphatic rings. The molecular weight excluding hydrogens is 769 g/mol. The summed E-state index contributed by atoms with van der Waals surface area (Å²) < 4.78 is 17.5. The van der Waals surface area contributed by atoms with Crippen LogP contribution in [0.3, 0.4) is 0 Å². The van der Waals surface area contributed by atoms with E-state index in [2.05, 4.69) is 23.8 Å². The molecule has 0 radical (unpaired) electrons. The number of unbranched alkanes of at least 4 members (excludes halogenated alkanes) is 10. The number of aliphatic imine (C=N–C) groups is 2. The van der Waals surface area contributed by atoms with E-state index in [9.17, 15) is 9.59 Å². The van der Waals surface area contributed by atoms with Gasteiger partial charge in [0.1, 0.15) is 17.2 Å². The lowest BCUT2D eigenvalue weighted by Gasteiger charge is -2.08. The number of nitrogens with zero attached hydrogens (tertiary/aromatic N) is 2. The third-order valence-electron chi connectivity index (χ3n) is 10.8. The van der Waals surface area contributed by atoms with Gasteiger partial charge in [-0.15, -0.1) is 0 Å². The molecule has 0 aliphatic heterocycles. The van der Waals surface area contributed by atoms with Gasteiger partial charge in [-0.1, -0.05) is 139 Å². The molecule has 0 aliphatic carbocycles. The highest BCUT2D eigenvalue weighted by Gasteiger charge is 2.11. The van der Waals surface area contributed by atoms with Crippen molar-refractivity contribution in [2.75, 3.05) is 13.2 Å². The molecule has 0 atom stereocenters. The predicted molar refractivity (Wildman–Crippen MR) is 255 cm³/mol. The van der Waals surface area contributed by atoms with E-state index in [4.69, 9.17) is 14.2 Å². The number of fused-ring (bicyclic) bond motifs is 1. The van der Waals surface area contributed by atoms with Crippen LogP contribution in [0, 0.1) is 0 Å². The number of carbonyl (C=O) groups excluding carboxylic acids is 2. The summed E-state index contributed by atoms with van der Waals surface area (Å²) in [6.07, 6.45) is 18.7. The summed E-state index contributed by atoms with van der Waals surface area (Å²) in [7, 11) is 0. The van der Waals surface area contributed by atoms with E-state index in [0.717, 1.165) is 76.4 Å². The normalized spacial score (nSPS) is 11.4. The highest BCUT2D eigenvalue weighted by Crippen LogP contribution is 2.25. The minimum absolute atomic E-state index is 0.0158. The van der Waals surface area contributed by atoms with Crippen molar-refractivity contribution in [3.63, 3.8) is 0 Å². The summed E-state index contributed by atoms with van der Waals surface area (Å²) in [4.78, 5) is 35.6. The first-order valence-electron chi connectivity index (χ1n) is 22.5. The average Bonchev–Trinajstić information content (AvgIpc) is 3.30. The molecule has 0 saturated heterocycles. The Morgan fingerprint density at radius 3 is 1.47 bits per heavy atom. The topological polar surface area (TPSA) is 86.6 Å². The van der Waals surface area contributed by atoms with Gasteiger partial charge in [0.2, 0.25) is 0 Å². The van der Waals surface area contributed by atoms with Gasteiger partial charge < -0.3 is 14.2 Å². The Morgan fingerprint density at radius 2 is 0.935 bits per heavy atom. The largest absolute Gasteiger partial charge is 0.494 e. The molecular formula is C55H60N2O5. The molecule has 0 spiro atoms. The molecule has 0 bridgehead atoms. The van der Waals surface area contributed by atoms with Crippen LogP contribution in [0.2, 0.25) is 0 Å². The molecule has 0 amide bonds. The van der Waals surface area contributed by atoms with Gasteiger partial charge in [0.15, 0.2) is 5.78 Å². The molecule has 0 saturated carbocycles. The molecule has 6 aromatic rings. The van der Waals surface area contributed by atoms with E-state index in [0.29, 0.717) is 16.9 Å². The van der Waals surface area contributed by atoms with Crippen LogP contribution in [0.5, 0.6) is 17.2 Å². The quantitative estimate of drug-likeness (QED) is 0.0189. The molecule has 0 unspecified atom stereocenters. The smallest absolute Gasteiger partial charge is 0.343 e. The van der Waals surface area contributed by atoms with Gasteiger partial charge in [-0.2, -0.15) is 0 Å². The van der Waals surface area contributed by atoms with Crippen molar-refractivity contribution in [1.82, 2.24) is 0 Å². The zero-order valence-corrected chi connectivity index (χ0v) is 36.4. The number of Topliss-reactive ketones (excluding diaryl/α,β-unsaturated/α-hetero) is 1. The van der Waals surface area contributed by atoms with Crippen LogP contribution in [0.15, 0.2) is 143 Å². The molecule has 0 fully saturated rings. The SMILES string of the molecule is CCCCCCCCOc1ccc(/N=C/c2ccc(C(=O)Cc3ccc4ccc(OC(=O)c5ccc(/C=N/c6ccc(OCCCCCCCC)cc6)cc5)cc4c3)cc2)cc1. The van der Waals surface area contributed by atoms with Crippen LogP contribution in [-0.2, 0) is 6.42 Å². The summed E-state index contributed by atoms with van der Waals surface area (Å²) >= 11 is 0. The van der Waals surface area contributed by atoms with E-state index in [1.165, 1.54) is 64.2 Å². The zero-order valence-electron chi connectivity index (χ0n) is 36.4. The molecule has 7 nitrogen and oxygen atoms in total. The van der Waals surface area contributed by atoms with Crippen LogP contribution in [0.1, 0.15) is 128 Å². The maximum absolute atomic E-state index is 13.3. The second kappa shape index (κ2) is 24.8. The molecule has 62 heavy (non-hydrogen) atoms. The van der Waals surface area contributed by atoms with Gasteiger partial charge in [-0.25, -0.2) is 4.79 Å². The standard InChI is InChI=1S/C55H60N2O5/c1-3-5-7-9-11-13-35-60-51-31-26-49(27-32-51)56-40-42-15-21-46(22-16-42)54(58)38-44-19-20-45-25-30-53(39-48(45)37-44)62-55(59)47-23-17-43(18-24-47)41-57-50-28-33-52(34-29-50)61-36-14-12-10-8-6-4-2/h15-34,37,39-41H,3-14,35-36,38H2,1-2H3/b56-40+,57-41+. The van der Waals surface area contributed by atoms with Gasteiger partial charge in [0, 0.05) is 24.4 Å². The number of carbonyl (C=O) groups is 2. The fourth-order valence-electron chi connectivity index (χ4n) is 7.06. The second-order valence-electron chi connectivity index (χ2n) is 15.8. The molecule has 7 heteroatoms. The number of ether oxygens (including phenoxy) is 3. The number of hydrogen-bond acceptors (Lipinski definition) is 7. The molecule has 320 valence electrons. The molecule has 6 aromatic carbocycles. The van der Waals surface area contributed by atoms with E-state index in [1.54, 1.807) is 30.6 Å². The first kappa shape index (κ1) is 45.2. The third-order valence-corrected chi connectivity index (χ3v) is 10.8. The Balaban J connectivity index is 0.948. The lowest BCUT2D eigenvalue weighted by atomic mass is 9.99. The second-order valence-corrected chi connectivity index (χ2v) is 15.8. The van der Waals surface area contributed by atoms with Crippen LogP contribution < -0.4 is 14.2 Å². The minimum atomic E-state index is -0.453. The molecule has 6 rings (SSSR count). The van der Waals surface area contributed by atoms with Crippen LogP contribution in [0.4, 0.5) is 11.4 Å². The lowest BCUT2D eigenvalue weighted by Crippen LogP contribution is -2.08. The van der Waals surface area contributed by atoms with Gasteiger partial charge in [-0.05, 0) is 113 Å². The number of rotatable bonds is 25. The van der Waals surface area contributed by atoms with Crippen molar-refractivity contribution >= 4 is 46.3 Å². The maximum Gasteiger partial charge on any atom is 0.343 e. The maximum atomic E-state index is 13.3. The van der Waals surface area contributed by atoms with Crippen LogP contribution in [-0.4, -0.2) is 37.4 Å². The van der Waals surface area contributed by atoms with Crippen LogP contribution >= 0.6 is 0 Å². The fraction of sp³-hybridized carbons (Fsp3) is 0.309. The summed E-state index contributed by atoms with van der Waals surface area (Å²) in [5.74, 6) is 1.71. The monoisotopic (exact) mass is 828 g/mol. The van der Waals surface area contributed by atoms with Gasteiger partial charge in [0.05, 0.1) is 30.2 Å². The third kappa shape index (κ3) is 15.0. The van der Waals surface area contributed by atoms with Gasteiger partial charge in [-0.3, -0.25) is 14.8 Å². The Morgan fingerprint density at radius 1 is 0.468 bits per heavy atom. The van der Waals surface area contributed by atoms with Gasteiger partial charge in [0.25, 0.3) is 0 Å².